The Morgan fingerprint density at radius 3 is 2.62 bits per heavy atom. The zero-order valence-electron chi connectivity index (χ0n) is 14.1. The number of piperidine rings is 1. The summed E-state index contributed by atoms with van der Waals surface area (Å²) < 4.78 is 27.5. The Morgan fingerprint density at radius 2 is 2.04 bits per heavy atom. The molecule has 0 aliphatic carbocycles. The van der Waals surface area contributed by atoms with Crippen molar-refractivity contribution in [2.75, 3.05) is 27.2 Å². The lowest BCUT2D eigenvalue weighted by molar-refractivity contribution is 0.296. The van der Waals surface area contributed by atoms with E-state index in [1.54, 1.807) is 29.7 Å². The maximum absolute atomic E-state index is 12.3. The van der Waals surface area contributed by atoms with Crippen LogP contribution in [0.2, 0.25) is 0 Å². The topological polar surface area (TPSA) is 66.4 Å². The van der Waals surface area contributed by atoms with Gasteiger partial charge in [0.25, 0.3) is 10.2 Å². The fraction of sp³-hybridized carbons (Fsp3) is 0.500. The third kappa shape index (κ3) is 3.51. The first-order valence-electron chi connectivity index (χ1n) is 7.94. The minimum absolute atomic E-state index is 0.139. The Balaban J connectivity index is 1.77. The van der Waals surface area contributed by atoms with Crippen molar-refractivity contribution in [3.05, 3.63) is 35.1 Å². The highest BCUT2D eigenvalue weighted by Crippen LogP contribution is 2.29. The molecule has 0 N–H and O–H groups in total. The molecule has 3 heterocycles. The lowest BCUT2D eigenvalue weighted by Crippen LogP contribution is -2.45. The first kappa shape index (κ1) is 17.5. The summed E-state index contributed by atoms with van der Waals surface area (Å²) in [6.07, 6.45) is 5.51. The lowest BCUT2D eigenvalue weighted by atomic mass is 9.95. The number of rotatable bonds is 4. The van der Waals surface area contributed by atoms with Crippen LogP contribution in [-0.2, 0) is 10.2 Å². The van der Waals surface area contributed by atoms with Gasteiger partial charge in [0.1, 0.15) is 5.01 Å². The van der Waals surface area contributed by atoms with Gasteiger partial charge in [-0.25, -0.2) is 4.98 Å². The van der Waals surface area contributed by atoms with E-state index in [9.17, 15) is 8.42 Å². The predicted octanol–water partition coefficient (Wildman–Crippen LogP) is 2.50. The fourth-order valence-corrected chi connectivity index (χ4v) is 4.83. The van der Waals surface area contributed by atoms with Crippen LogP contribution in [0.5, 0.6) is 0 Å². The quantitative estimate of drug-likeness (QED) is 0.834. The average Bonchev–Trinajstić information content (AvgIpc) is 3.01. The van der Waals surface area contributed by atoms with Gasteiger partial charge in [0.05, 0.1) is 0 Å². The zero-order valence-corrected chi connectivity index (χ0v) is 15.8. The van der Waals surface area contributed by atoms with Crippen LogP contribution in [0.25, 0.3) is 10.6 Å². The van der Waals surface area contributed by atoms with Gasteiger partial charge in [-0.2, -0.15) is 17.0 Å². The second-order valence-corrected chi connectivity index (χ2v) is 9.61. The summed E-state index contributed by atoms with van der Waals surface area (Å²) in [5.74, 6) is 0.139. The monoisotopic (exact) mass is 366 g/mol. The molecule has 0 saturated carbocycles. The van der Waals surface area contributed by atoms with Gasteiger partial charge in [0, 0.05) is 61.6 Å². The van der Waals surface area contributed by atoms with E-state index in [2.05, 4.69) is 9.97 Å². The molecule has 2 aromatic rings. The molecule has 1 fully saturated rings. The first-order valence-corrected chi connectivity index (χ1v) is 10.2. The largest absolute Gasteiger partial charge is 0.281 e. The van der Waals surface area contributed by atoms with Gasteiger partial charge in [-0.05, 0) is 31.9 Å². The molecule has 24 heavy (non-hydrogen) atoms. The van der Waals surface area contributed by atoms with Crippen LogP contribution >= 0.6 is 11.3 Å². The molecule has 3 rings (SSSR count). The normalized spacial score (nSPS) is 19.8. The molecule has 0 amide bonds. The first-order chi connectivity index (χ1) is 11.4. The number of hydrogen-bond donors (Lipinski definition) is 0. The van der Waals surface area contributed by atoms with Gasteiger partial charge in [0.15, 0.2) is 0 Å². The number of nitrogens with zero attached hydrogens (tertiary/aromatic N) is 4. The Kier molecular flexibility index (Phi) is 5.00. The smallest absolute Gasteiger partial charge is 0.260 e. The third-order valence-electron chi connectivity index (χ3n) is 4.24. The van der Waals surface area contributed by atoms with E-state index < -0.39 is 10.2 Å². The minimum atomic E-state index is -3.36. The van der Waals surface area contributed by atoms with Crippen molar-refractivity contribution >= 4 is 21.5 Å². The summed E-state index contributed by atoms with van der Waals surface area (Å²) in [7, 11) is -0.216. The highest BCUT2D eigenvalue weighted by atomic mass is 32.2. The lowest BCUT2D eigenvalue weighted by Gasteiger charge is -2.33. The van der Waals surface area contributed by atoms with E-state index in [1.165, 1.54) is 9.18 Å². The van der Waals surface area contributed by atoms with Crippen molar-refractivity contribution in [2.45, 2.75) is 25.7 Å². The van der Waals surface area contributed by atoms with Crippen molar-refractivity contribution in [1.82, 2.24) is 18.6 Å². The molecular formula is C16H22N4O2S2. The van der Waals surface area contributed by atoms with E-state index in [0.717, 1.165) is 29.1 Å². The maximum atomic E-state index is 12.3. The molecule has 0 aromatic carbocycles. The molecule has 1 aliphatic heterocycles. The Hall–Kier alpha value is -1.35. The van der Waals surface area contributed by atoms with Crippen LogP contribution < -0.4 is 0 Å². The molecule has 1 atom stereocenters. The molecule has 2 aromatic heterocycles. The van der Waals surface area contributed by atoms with Gasteiger partial charge >= 0.3 is 0 Å². The standard InChI is InChI=1S/C16H22N4O2S2/c1-12-9-18-16(23-12)13-6-7-15(17-10-13)14-5-4-8-20(11-14)24(21,22)19(2)3/h6-7,9-10,14H,4-5,8,11H2,1-3H3. The molecule has 0 bridgehead atoms. The number of pyridine rings is 1. The molecule has 0 radical (unpaired) electrons. The molecule has 1 aliphatic rings. The molecular weight excluding hydrogens is 344 g/mol. The number of aryl methyl sites for hydroxylation is 1. The van der Waals surface area contributed by atoms with Gasteiger partial charge in [-0.15, -0.1) is 11.3 Å². The summed E-state index contributed by atoms with van der Waals surface area (Å²) in [6.45, 7) is 3.10. The third-order valence-corrected chi connectivity index (χ3v) is 7.11. The van der Waals surface area contributed by atoms with E-state index in [1.807, 2.05) is 31.5 Å². The van der Waals surface area contributed by atoms with E-state index in [-0.39, 0.29) is 5.92 Å². The van der Waals surface area contributed by atoms with Crippen LogP contribution in [0.1, 0.15) is 29.3 Å². The molecule has 0 spiro atoms. The number of thiazole rings is 1. The van der Waals surface area contributed by atoms with Gasteiger partial charge < -0.3 is 0 Å². The number of hydrogen-bond acceptors (Lipinski definition) is 5. The van der Waals surface area contributed by atoms with Crippen LogP contribution in [0.3, 0.4) is 0 Å². The van der Waals surface area contributed by atoms with Crippen LogP contribution in [-0.4, -0.2) is 54.2 Å². The zero-order chi connectivity index (χ0) is 17.3. The van der Waals surface area contributed by atoms with Crippen molar-refractivity contribution in [2.24, 2.45) is 0 Å². The minimum Gasteiger partial charge on any atom is -0.260 e. The van der Waals surface area contributed by atoms with Gasteiger partial charge in [0.2, 0.25) is 0 Å². The second kappa shape index (κ2) is 6.87. The van der Waals surface area contributed by atoms with Crippen molar-refractivity contribution in [3.63, 3.8) is 0 Å². The van der Waals surface area contributed by atoms with Crippen molar-refractivity contribution < 1.29 is 8.42 Å². The predicted molar refractivity (Wildman–Crippen MR) is 96.2 cm³/mol. The fourth-order valence-electron chi connectivity index (χ4n) is 2.89. The maximum Gasteiger partial charge on any atom is 0.281 e. The summed E-state index contributed by atoms with van der Waals surface area (Å²) >= 11 is 1.65. The van der Waals surface area contributed by atoms with Crippen LogP contribution in [0.15, 0.2) is 24.5 Å². The van der Waals surface area contributed by atoms with Crippen molar-refractivity contribution in [3.8, 4) is 10.6 Å². The van der Waals surface area contributed by atoms with Crippen LogP contribution in [0.4, 0.5) is 0 Å². The van der Waals surface area contributed by atoms with E-state index in [0.29, 0.717) is 13.1 Å². The Bertz CT molecular complexity index is 800. The molecule has 130 valence electrons. The van der Waals surface area contributed by atoms with E-state index >= 15 is 0 Å². The van der Waals surface area contributed by atoms with Crippen molar-refractivity contribution in [1.29, 1.82) is 0 Å². The summed E-state index contributed by atoms with van der Waals surface area (Å²) in [5, 5.41) is 0.965. The molecule has 8 heteroatoms. The second-order valence-electron chi connectivity index (χ2n) is 6.24. The van der Waals surface area contributed by atoms with E-state index in [4.69, 9.17) is 0 Å². The highest BCUT2D eigenvalue weighted by Gasteiger charge is 2.31. The SMILES string of the molecule is Cc1cnc(-c2ccc(C3CCCN(S(=O)(=O)N(C)C)C3)nc2)s1. The Morgan fingerprint density at radius 1 is 1.25 bits per heavy atom. The molecule has 1 unspecified atom stereocenters. The summed E-state index contributed by atoms with van der Waals surface area (Å²) in [6, 6.07) is 4.03. The number of aromatic nitrogens is 2. The molecule has 1 saturated heterocycles. The van der Waals surface area contributed by atoms with Crippen LogP contribution in [0, 0.1) is 6.92 Å². The summed E-state index contributed by atoms with van der Waals surface area (Å²) in [5.41, 5.74) is 1.95. The highest BCUT2D eigenvalue weighted by molar-refractivity contribution is 7.86. The summed E-state index contributed by atoms with van der Waals surface area (Å²) in [4.78, 5) is 10.1. The van der Waals surface area contributed by atoms with Gasteiger partial charge in [-0.1, -0.05) is 0 Å². The Labute approximate surface area is 147 Å². The average molecular weight is 367 g/mol. The molecule has 6 nitrogen and oxygen atoms in total. The van der Waals surface area contributed by atoms with Gasteiger partial charge in [-0.3, -0.25) is 4.98 Å².